The number of amides is 1. The minimum absolute atomic E-state index is 0.122. The molecule has 4 fully saturated rings. The van der Waals surface area contributed by atoms with Crippen LogP contribution in [0.3, 0.4) is 0 Å². The van der Waals surface area contributed by atoms with Crippen molar-refractivity contribution in [2.24, 2.45) is 17.3 Å². The molecule has 1 aromatic carbocycles. The topological polar surface area (TPSA) is 49.3 Å². The van der Waals surface area contributed by atoms with Crippen LogP contribution < -0.4 is 5.32 Å². The van der Waals surface area contributed by atoms with Crippen molar-refractivity contribution in [2.45, 2.75) is 44.1 Å². The first-order chi connectivity index (χ1) is 9.96. The third-order valence-corrected chi connectivity index (χ3v) is 6.33. The highest BCUT2D eigenvalue weighted by Crippen LogP contribution is 2.61. The lowest BCUT2D eigenvalue weighted by Crippen LogP contribution is -2.59. The molecule has 0 aliphatic heterocycles. The molecule has 2 N–H and O–H groups in total. The van der Waals surface area contributed by atoms with E-state index < -0.39 is 5.60 Å². The molecule has 1 aromatic rings. The summed E-state index contributed by atoms with van der Waals surface area (Å²) in [7, 11) is 0. The second-order valence-electron chi connectivity index (χ2n) is 7.43. The summed E-state index contributed by atoms with van der Waals surface area (Å²) in [5.74, 6) is 1.20. The van der Waals surface area contributed by atoms with Gasteiger partial charge in [-0.1, -0.05) is 0 Å². The Morgan fingerprint density at radius 2 is 1.76 bits per heavy atom. The molecular formula is C17H20INO2. The van der Waals surface area contributed by atoms with E-state index in [2.05, 4.69) is 27.9 Å². The van der Waals surface area contributed by atoms with Crippen molar-refractivity contribution >= 4 is 34.2 Å². The highest BCUT2D eigenvalue weighted by Gasteiger charge is 2.60. The van der Waals surface area contributed by atoms with Gasteiger partial charge in [-0.2, -0.15) is 0 Å². The minimum Gasteiger partial charge on any atom is -0.390 e. The van der Waals surface area contributed by atoms with Gasteiger partial charge >= 0.3 is 0 Å². The second-order valence-corrected chi connectivity index (χ2v) is 8.67. The van der Waals surface area contributed by atoms with Crippen LogP contribution >= 0.6 is 22.6 Å². The summed E-state index contributed by atoms with van der Waals surface area (Å²) in [6.45, 7) is 0. The van der Waals surface area contributed by atoms with E-state index in [0.717, 1.165) is 34.9 Å². The molecule has 2 unspecified atom stereocenters. The number of halogens is 1. The molecule has 112 valence electrons. The van der Waals surface area contributed by atoms with Crippen LogP contribution in [0.4, 0.5) is 5.69 Å². The van der Waals surface area contributed by atoms with Crippen LogP contribution in [0.25, 0.3) is 0 Å². The van der Waals surface area contributed by atoms with E-state index in [-0.39, 0.29) is 11.3 Å². The van der Waals surface area contributed by atoms with Crippen LogP contribution in [-0.2, 0) is 4.79 Å². The van der Waals surface area contributed by atoms with E-state index in [1.165, 1.54) is 6.42 Å². The largest absolute Gasteiger partial charge is 0.390 e. The molecule has 0 aromatic heterocycles. The van der Waals surface area contributed by atoms with Crippen molar-refractivity contribution < 1.29 is 9.90 Å². The van der Waals surface area contributed by atoms with Crippen molar-refractivity contribution in [2.75, 3.05) is 5.32 Å². The van der Waals surface area contributed by atoms with E-state index in [9.17, 15) is 9.90 Å². The Kier molecular flexibility index (Phi) is 3.12. The second kappa shape index (κ2) is 4.69. The summed E-state index contributed by atoms with van der Waals surface area (Å²) in [6.07, 6.45) is 5.60. The molecule has 4 aliphatic carbocycles. The molecule has 4 aliphatic rings. The van der Waals surface area contributed by atoms with Gasteiger partial charge in [-0.25, -0.2) is 0 Å². The van der Waals surface area contributed by atoms with E-state index in [1.807, 2.05) is 24.3 Å². The third-order valence-electron chi connectivity index (χ3n) is 5.61. The van der Waals surface area contributed by atoms with Crippen molar-refractivity contribution in [1.29, 1.82) is 0 Å². The first-order valence-electron chi connectivity index (χ1n) is 7.76. The van der Waals surface area contributed by atoms with Gasteiger partial charge in [0.25, 0.3) is 0 Å². The monoisotopic (exact) mass is 397 g/mol. The minimum atomic E-state index is -0.576. The summed E-state index contributed by atoms with van der Waals surface area (Å²) >= 11 is 2.26. The molecule has 4 bridgehead atoms. The van der Waals surface area contributed by atoms with Gasteiger partial charge in [0.05, 0.1) is 11.0 Å². The number of rotatable bonds is 2. The van der Waals surface area contributed by atoms with Gasteiger partial charge < -0.3 is 10.4 Å². The van der Waals surface area contributed by atoms with Crippen LogP contribution in [0.15, 0.2) is 24.3 Å². The summed E-state index contributed by atoms with van der Waals surface area (Å²) in [5.41, 5.74) is -0.0434. The SMILES string of the molecule is O=C(Nc1ccc(I)cc1)C12C[C@@H]3C[C@@H](CC(O)(C3)C1)C2. The van der Waals surface area contributed by atoms with Gasteiger partial charge in [0.1, 0.15) is 0 Å². The number of benzene rings is 1. The first-order valence-corrected chi connectivity index (χ1v) is 8.84. The van der Waals surface area contributed by atoms with Gasteiger partial charge in [-0.05, 0) is 97.2 Å². The number of aliphatic hydroxyl groups is 1. The molecule has 0 saturated heterocycles. The highest BCUT2D eigenvalue weighted by molar-refractivity contribution is 14.1. The Hall–Kier alpha value is -0.620. The van der Waals surface area contributed by atoms with Crippen molar-refractivity contribution in [3.63, 3.8) is 0 Å². The maximum atomic E-state index is 12.9. The first kappa shape index (κ1) is 14.0. The van der Waals surface area contributed by atoms with Crippen LogP contribution in [0, 0.1) is 20.8 Å². The quantitative estimate of drug-likeness (QED) is 0.750. The smallest absolute Gasteiger partial charge is 0.230 e. The molecule has 1 amide bonds. The highest BCUT2D eigenvalue weighted by atomic mass is 127. The fourth-order valence-electron chi connectivity index (χ4n) is 5.28. The van der Waals surface area contributed by atoms with Gasteiger partial charge in [-0.3, -0.25) is 4.79 Å². The van der Waals surface area contributed by atoms with Gasteiger partial charge in [0.15, 0.2) is 0 Å². The Labute approximate surface area is 138 Å². The van der Waals surface area contributed by atoms with Gasteiger partial charge in [0.2, 0.25) is 5.91 Å². The summed E-state index contributed by atoms with van der Waals surface area (Å²) < 4.78 is 1.16. The van der Waals surface area contributed by atoms with Gasteiger partial charge in [0, 0.05) is 9.26 Å². The normalized spacial score (nSPS) is 40.3. The molecular weight excluding hydrogens is 377 g/mol. The van der Waals surface area contributed by atoms with Crippen LogP contribution in [0.2, 0.25) is 0 Å². The lowest BCUT2D eigenvalue weighted by atomic mass is 9.47. The molecule has 5 rings (SSSR count). The lowest BCUT2D eigenvalue weighted by molar-refractivity contribution is -0.174. The van der Waals surface area contributed by atoms with E-state index >= 15 is 0 Å². The van der Waals surface area contributed by atoms with E-state index in [4.69, 9.17) is 0 Å². The average Bonchev–Trinajstić information content (AvgIpc) is 2.38. The number of hydrogen-bond acceptors (Lipinski definition) is 2. The average molecular weight is 397 g/mol. The molecule has 0 spiro atoms. The zero-order chi connectivity index (χ0) is 14.7. The van der Waals surface area contributed by atoms with Crippen molar-refractivity contribution in [3.05, 3.63) is 27.8 Å². The van der Waals surface area contributed by atoms with E-state index in [1.54, 1.807) is 0 Å². The zero-order valence-corrected chi connectivity index (χ0v) is 14.1. The summed E-state index contributed by atoms with van der Waals surface area (Å²) in [5, 5.41) is 13.8. The van der Waals surface area contributed by atoms with Crippen LogP contribution in [0.5, 0.6) is 0 Å². The fraction of sp³-hybridized carbons (Fsp3) is 0.588. The Balaban J connectivity index is 1.57. The Morgan fingerprint density at radius 3 is 2.33 bits per heavy atom. The molecule has 3 nitrogen and oxygen atoms in total. The number of nitrogens with one attached hydrogen (secondary N) is 1. The molecule has 21 heavy (non-hydrogen) atoms. The van der Waals surface area contributed by atoms with Crippen molar-refractivity contribution in [3.8, 4) is 0 Å². The molecule has 0 radical (unpaired) electrons. The lowest BCUT2D eigenvalue weighted by Gasteiger charge is -2.59. The summed E-state index contributed by atoms with van der Waals surface area (Å²) in [6, 6.07) is 7.91. The fourth-order valence-corrected chi connectivity index (χ4v) is 5.64. The zero-order valence-electron chi connectivity index (χ0n) is 11.9. The molecule has 4 saturated carbocycles. The maximum absolute atomic E-state index is 12.9. The standard InChI is InChI=1S/C17H20INO2/c18-13-1-3-14(4-2-13)19-15(20)16-6-11-5-12(7-16)9-17(21,8-11)10-16/h1-4,11-12,21H,5-10H2,(H,19,20)/t11-,12+,16?,17?. The van der Waals surface area contributed by atoms with Crippen LogP contribution in [-0.4, -0.2) is 16.6 Å². The predicted molar refractivity (Wildman–Crippen MR) is 89.9 cm³/mol. The third kappa shape index (κ3) is 2.40. The number of carbonyl (C=O) groups is 1. The molecule has 0 heterocycles. The predicted octanol–water partition coefficient (Wildman–Crippen LogP) is 3.56. The molecule has 4 heteroatoms. The maximum Gasteiger partial charge on any atom is 0.230 e. The van der Waals surface area contributed by atoms with E-state index in [0.29, 0.717) is 18.3 Å². The van der Waals surface area contributed by atoms with Gasteiger partial charge in [-0.15, -0.1) is 0 Å². The number of hydrogen-bond donors (Lipinski definition) is 2. The van der Waals surface area contributed by atoms with Crippen LogP contribution in [0.1, 0.15) is 38.5 Å². The van der Waals surface area contributed by atoms with Crippen molar-refractivity contribution in [1.82, 2.24) is 0 Å². The number of carbonyl (C=O) groups excluding carboxylic acids is 1. The summed E-state index contributed by atoms with van der Waals surface area (Å²) in [4.78, 5) is 12.9. The number of anilines is 1. The molecule has 4 atom stereocenters. The Morgan fingerprint density at radius 1 is 1.14 bits per heavy atom. The Bertz CT molecular complexity index is 569.